The van der Waals surface area contributed by atoms with Crippen molar-refractivity contribution >= 4 is 62.3 Å². The second kappa shape index (κ2) is 13.5. The highest BCUT2D eigenvalue weighted by molar-refractivity contribution is 7.92. The van der Waals surface area contributed by atoms with Crippen LogP contribution in [-0.2, 0) is 26.2 Å². The molecule has 7 nitrogen and oxygen atoms in total. The highest BCUT2D eigenvalue weighted by atomic mass is 35.5. The van der Waals surface area contributed by atoms with Crippen molar-refractivity contribution in [3.63, 3.8) is 0 Å². The summed E-state index contributed by atoms with van der Waals surface area (Å²) >= 11 is 18.6. The van der Waals surface area contributed by atoms with E-state index >= 15 is 0 Å². The van der Waals surface area contributed by atoms with E-state index in [0.717, 1.165) is 4.31 Å². The normalized spacial score (nSPS) is 12.2. The molecule has 1 unspecified atom stereocenters. The summed E-state index contributed by atoms with van der Waals surface area (Å²) in [4.78, 5) is 28.2. The number of carbonyl (C=O) groups is 2. The van der Waals surface area contributed by atoms with E-state index in [1.807, 2.05) is 13.8 Å². The van der Waals surface area contributed by atoms with Crippen LogP contribution in [0.1, 0.15) is 26.3 Å². The van der Waals surface area contributed by atoms with Crippen LogP contribution in [0.4, 0.5) is 5.69 Å². The molecule has 0 radical (unpaired) electrons. The molecule has 39 heavy (non-hydrogen) atoms. The topological polar surface area (TPSA) is 86.8 Å². The molecular formula is C28H30Cl3N3O4S. The Balaban J connectivity index is 2.02. The lowest BCUT2D eigenvalue weighted by atomic mass is 10.1. The minimum absolute atomic E-state index is 0.00722. The first-order valence-corrected chi connectivity index (χ1v) is 14.8. The van der Waals surface area contributed by atoms with Crippen LogP contribution in [0, 0.1) is 5.92 Å². The first-order valence-electron chi connectivity index (χ1n) is 12.2. The Morgan fingerprint density at radius 1 is 0.872 bits per heavy atom. The number of nitrogens with zero attached hydrogens (tertiary/aromatic N) is 2. The molecule has 0 saturated carbocycles. The van der Waals surface area contributed by atoms with Crippen LogP contribution in [0.2, 0.25) is 15.1 Å². The Bertz CT molecular complexity index is 1420. The summed E-state index contributed by atoms with van der Waals surface area (Å²) in [5.41, 5.74) is 0.763. The molecule has 0 spiro atoms. The van der Waals surface area contributed by atoms with Crippen LogP contribution < -0.4 is 9.62 Å². The molecule has 0 aliphatic carbocycles. The molecule has 0 heterocycles. The SMILES string of the molecule is CC(C)CNC(=O)C(C)N(Cc1ccc(Cl)cc1Cl)C(=O)CN(c1cccc(Cl)c1)S(=O)(=O)c1ccccc1. The summed E-state index contributed by atoms with van der Waals surface area (Å²) in [6.07, 6.45) is 0. The molecule has 11 heteroatoms. The van der Waals surface area contributed by atoms with Crippen molar-refractivity contribution in [3.05, 3.63) is 93.4 Å². The molecule has 0 bridgehead atoms. The standard InChI is InChI=1S/C28H30Cl3N3O4S/c1-19(2)16-32-28(36)20(3)33(17-21-12-13-23(30)15-26(21)31)27(35)18-34(24-9-7-8-22(29)14-24)39(37,38)25-10-5-4-6-11-25/h4-15,19-20H,16-18H2,1-3H3,(H,32,36). The molecular weight excluding hydrogens is 581 g/mol. The van der Waals surface area contributed by atoms with Gasteiger partial charge < -0.3 is 10.2 Å². The smallest absolute Gasteiger partial charge is 0.264 e. The summed E-state index contributed by atoms with van der Waals surface area (Å²) < 4.78 is 28.5. The van der Waals surface area contributed by atoms with E-state index in [2.05, 4.69) is 5.32 Å². The average Bonchev–Trinajstić information content (AvgIpc) is 2.89. The molecule has 0 aliphatic heterocycles. The fourth-order valence-corrected chi connectivity index (χ4v) is 5.83. The van der Waals surface area contributed by atoms with Gasteiger partial charge >= 0.3 is 0 Å². The Labute approximate surface area is 244 Å². The zero-order valence-corrected chi connectivity index (χ0v) is 24.9. The summed E-state index contributed by atoms with van der Waals surface area (Å²) in [7, 11) is -4.17. The van der Waals surface area contributed by atoms with E-state index in [0.29, 0.717) is 27.2 Å². The fraction of sp³-hybridized carbons (Fsp3) is 0.286. The first kappa shape index (κ1) is 30.8. The van der Waals surface area contributed by atoms with E-state index in [-0.39, 0.29) is 29.0 Å². The number of benzene rings is 3. The van der Waals surface area contributed by atoms with Crippen molar-refractivity contribution < 1.29 is 18.0 Å². The van der Waals surface area contributed by atoms with Crippen LogP contribution in [-0.4, -0.2) is 44.3 Å². The van der Waals surface area contributed by atoms with Gasteiger partial charge in [-0.25, -0.2) is 8.42 Å². The van der Waals surface area contributed by atoms with Crippen molar-refractivity contribution in [2.45, 2.75) is 38.3 Å². The molecule has 3 rings (SSSR count). The van der Waals surface area contributed by atoms with Gasteiger partial charge in [-0.1, -0.05) is 79.0 Å². The lowest BCUT2D eigenvalue weighted by molar-refractivity contribution is -0.139. The van der Waals surface area contributed by atoms with E-state index in [9.17, 15) is 18.0 Å². The Morgan fingerprint density at radius 2 is 1.54 bits per heavy atom. The highest BCUT2D eigenvalue weighted by Gasteiger charge is 2.32. The van der Waals surface area contributed by atoms with Crippen LogP contribution in [0.25, 0.3) is 0 Å². The third-order valence-electron chi connectivity index (χ3n) is 5.91. The first-order chi connectivity index (χ1) is 18.4. The number of amides is 2. The molecule has 0 saturated heterocycles. The quantitative estimate of drug-likeness (QED) is 0.287. The van der Waals surface area contributed by atoms with Crippen LogP contribution in [0.15, 0.2) is 77.7 Å². The molecule has 1 N–H and O–H groups in total. The summed E-state index contributed by atoms with van der Waals surface area (Å²) in [6, 6.07) is 17.9. The van der Waals surface area contributed by atoms with E-state index < -0.39 is 28.5 Å². The van der Waals surface area contributed by atoms with Crippen LogP contribution in [0.5, 0.6) is 0 Å². The number of carbonyl (C=O) groups excluding carboxylic acids is 2. The monoisotopic (exact) mass is 609 g/mol. The lowest BCUT2D eigenvalue weighted by Gasteiger charge is -2.32. The summed E-state index contributed by atoms with van der Waals surface area (Å²) in [5, 5.41) is 3.88. The molecule has 0 aliphatic rings. The number of nitrogens with one attached hydrogen (secondary N) is 1. The van der Waals surface area contributed by atoms with Gasteiger partial charge in [-0.3, -0.25) is 13.9 Å². The van der Waals surface area contributed by atoms with Gasteiger partial charge in [0.15, 0.2) is 0 Å². The van der Waals surface area contributed by atoms with Gasteiger partial charge in [0.1, 0.15) is 12.6 Å². The second-order valence-corrected chi connectivity index (χ2v) is 12.5. The van der Waals surface area contributed by atoms with Crippen molar-refractivity contribution in [1.82, 2.24) is 10.2 Å². The average molecular weight is 611 g/mol. The molecule has 0 fully saturated rings. The van der Waals surface area contributed by atoms with Crippen molar-refractivity contribution in [2.75, 3.05) is 17.4 Å². The minimum Gasteiger partial charge on any atom is -0.354 e. The predicted molar refractivity (Wildman–Crippen MR) is 157 cm³/mol. The number of halogens is 3. The van der Waals surface area contributed by atoms with Gasteiger partial charge in [0.05, 0.1) is 10.6 Å². The number of rotatable bonds is 11. The van der Waals surface area contributed by atoms with Crippen LogP contribution in [0.3, 0.4) is 0 Å². The van der Waals surface area contributed by atoms with E-state index in [1.165, 1.54) is 23.1 Å². The Hall–Kier alpha value is -2.78. The Kier molecular flexibility index (Phi) is 10.7. The van der Waals surface area contributed by atoms with Crippen molar-refractivity contribution in [3.8, 4) is 0 Å². The van der Waals surface area contributed by atoms with Gasteiger partial charge in [0, 0.05) is 28.2 Å². The maximum atomic E-state index is 13.9. The maximum absolute atomic E-state index is 13.9. The van der Waals surface area contributed by atoms with Gasteiger partial charge in [0.25, 0.3) is 10.0 Å². The molecule has 3 aromatic carbocycles. The number of hydrogen-bond donors (Lipinski definition) is 1. The minimum atomic E-state index is -4.17. The van der Waals surface area contributed by atoms with Crippen molar-refractivity contribution in [2.24, 2.45) is 5.92 Å². The number of anilines is 1. The maximum Gasteiger partial charge on any atom is 0.264 e. The molecule has 3 aromatic rings. The highest BCUT2D eigenvalue weighted by Crippen LogP contribution is 2.28. The number of sulfonamides is 1. The third-order valence-corrected chi connectivity index (χ3v) is 8.52. The number of hydrogen-bond acceptors (Lipinski definition) is 4. The van der Waals surface area contributed by atoms with Gasteiger partial charge in [-0.2, -0.15) is 0 Å². The van der Waals surface area contributed by atoms with Gasteiger partial charge in [-0.05, 0) is 60.9 Å². The van der Waals surface area contributed by atoms with E-state index in [4.69, 9.17) is 34.8 Å². The summed E-state index contributed by atoms with van der Waals surface area (Å²) in [6.45, 7) is 5.30. The molecule has 0 aromatic heterocycles. The molecule has 2 amide bonds. The zero-order valence-electron chi connectivity index (χ0n) is 21.8. The second-order valence-electron chi connectivity index (χ2n) is 9.38. The van der Waals surface area contributed by atoms with Crippen LogP contribution >= 0.6 is 34.8 Å². The fourth-order valence-electron chi connectivity index (χ4n) is 3.75. The lowest BCUT2D eigenvalue weighted by Crippen LogP contribution is -2.51. The van der Waals surface area contributed by atoms with Gasteiger partial charge in [-0.15, -0.1) is 0 Å². The molecule has 1 atom stereocenters. The van der Waals surface area contributed by atoms with Crippen molar-refractivity contribution in [1.29, 1.82) is 0 Å². The van der Waals surface area contributed by atoms with E-state index in [1.54, 1.807) is 61.5 Å². The zero-order chi connectivity index (χ0) is 28.7. The summed E-state index contributed by atoms with van der Waals surface area (Å²) in [5.74, 6) is -0.777. The largest absolute Gasteiger partial charge is 0.354 e. The Morgan fingerprint density at radius 3 is 2.15 bits per heavy atom. The predicted octanol–water partition coefficient (Wildman–Crippen LogP) is 6.03. The third kappa shape index (κ3) is 8.11. The molecule has 208 valence electrons. The van der Waals surface area contributed by atoms with Gasteiger partial charge in [0.2, 0.25) is 11.8 Å².